The normalized spacial score (nSPS) is 17.7. The Morgan fingerprint density at radius 3 is 2.54 bits per heavy atom. The number of aryl methyl sites for hydroxylation is 1. The first kappa shape index (κ1) is 18.4. The van der Waals surface area contributed by atoms with E-state index in [-0.39, 0.29) is 24.1 Å². The maximum Gasteiger partial charge on any atom is 0.337 e. The van der Waals surface area contributed by atoms with E-state index >= 15 is 0 Å². The van der Waals surface area contributed by atoms with Gasteiger partial charge in [-0.1, -0.05) is 23.8 Å². The smallest absolute Gasteiger partial charge is 0.337 e. The topological polar surface area (TPSA) is 72.9 Å². The van der Waals surface area contributed by atoms with Crippen LogP contribution in [0.15, 0.2) is 47.4 Å². The van der Waals surface area contributed by atoms with Gasteiger partial charge in [-0.05, 0) is 38.1 Å². The van der Waals surface area contributed by atoms with Crippen LogP contribution in [0.3, 0.4) is 0 Å². The summed E-state index contributed by atoms with van der Waals surface area (Å²) in [6.45, 7) is 4.09. The Bertz CT molecular complexity index is 921. The average Bonchev–Trinajstić information content (AvgIpc) is 2.80. The SMILES string of the molecule is COC(=O)c1ccc2c(c1)OC[C@H](C)N(S(=O)(=O)c1ccc(C)cc1)C2. The number of hydrogen-bond acceptors (Lipinski definition) is 5. The van der Waals surface area contributed by atoms with Crippen molar-refractivity contribution in [1.82, 2.24) is 4.31 Å². The van der Waals surface area contributed by atoms with Gasteiger partial charge in [0.2, 0.25) is 10.0 Å². The molecule has 0 saturated carbocycles. The summed E-state index contributed by atoms with van der Waals surface area (Å²) >= 11 is 0. The number of ether oxygens (including phenoxy) is 2. The fraction of sp³-hybridized carbons (Fsp3) is 0.316. The number of esters is 1. The highest BCUT2D eigenvalue weighted by Crippen LogP contribution is 2.30. The maximum atomic E-state index is 13.1. The van der Waals surface area contributed by atoms with Crippen LogP contribution in [-0.4, -0.2) is 38.5 Å². The molecule has 138 valence electrons. The second-order valence-corrected chi connectivity index (χ2v) is 8.23. The standard InChI is InChI=1S/C19H21NO5S/c1-13-4-8-17(9-5-13)26(22,23)20-11-16-7-6-15(19(21)24-3)10-18(16)25-12-14(20)2/h4-10,14H,11-12H2,1-3H3/t14-/m0/s1. The van der Waals surface area contributed by atoms with E-state index in [2.05, 4.69) is 0 Å². The molecular weight excluding hydrogens is 354 g/mol. The number of carbonyl (C=O) groups is 1. The summed E-state index contributed by atoms with van der Waals surface area (Å²) in [4.78, 5) is 12.0. The molecule has 0 aromatic heterocycles. The molecule has 1 aliphatic heterocycles. The summed E-state index contributed by atoms with van der Waals surface area (Å²) in [5.74, 6) is 0.0409. The number of hydrogen-bond donors (Lipinski definition) is 0. The first-order chi connectivity index (χ1) is 12.3. The quantitative estimate of drug-likeness (QED) is 0.772. The van der Waals surface area contributed by atoms with E-state index < -0.39 is 16.0 Å². The van der Waals surface area contributed by atoms with Gasteiger partial charge in [0, 0.05) is 12.1 Å². The van der Waals surface area contributed by atoms with E-state index in [4.69, 9.17) is 9.47 Å². The minimum Gasteiger partial charge on any atom is -0.492 e. The van der Waals surface area contributed by atoms with Crippen LogP contribution in [0.25, 0.3) is 0 Å². The Kier molecular flexibility index (Phi) is 5.02. The molecule has 6 nitrogen and oxygen atoms in total. The van der Waals surface area contributed by atoms with Crippen molar-refractivity contribution >= 4 is 16.0 Å². The van der Waals surface area contributed by atoms with Crippen molar-refractivity contribution in [3.8, 4) is 5.75 Å². The van der Waals surface area contributed by atoms with Gasteiger partial charge in [-0.25, -0.2) is 13.2 Å². The number of fused-ring (bicyclic) bond motifs is 1. The molecule has 7 heteroatoms. The molecule has 0 fully saturated rings. The highest BCUT2D eigenvalue weighted by atomic mass is 32.2. The van der Waals surface area contributed by atoms with E-state index in [9.17, 15) is 13.2 Å². The van der Waals surface area contributed by atoms with E-state index in [1.54, 1.807) is 49.4 Å². The van der Waals surface area contributed by atoms with Crippen molar-refractivity contribution in [1.29, 1.82) is 0 Å². The number of nitrogens with zero attached hydrogens (tertiary/aromatic N) is 1. The molecule has 2 aromatic carbocycles. The number of methoxy groups -OCH3 is 1. The van der Waals surface area contributed by atoms with Crippen molar-refractivity contribution < 1.29 is 22.7 Å². The second-order valence-electron chi connectivity index (χ2n) is 6.34. The van der Waals surface area contributed by atoms with Crippen LogP contribution >= 0.6 is 0 Å². The summed E-state index contributed by atoms with van der Waals surface area (Å²) in [5, 5.41) is 0. The van der Waals surface area contributed by atoms with E-state index in [0.29, 0.717) is 16.9 Å². The number of benzene rings is 2. The first-order valence-corrected chi connectivity index (χ1v) is 9.69. The fourth-order valence-corrected chi connectivity index (χ4v) is 4.44. The molecule has 0 unspecified atom stereocenters. The molecule has 1 aliphatic rings. The van der Waals surface area contributed by atoms with Gasteiger partial charge >= 0.3 is 5.97 Å². The maximum absolute atomic E-state index is 13.1. The molecule has 0 spiro atoms. The van der Waals surface area contributed by atoms with Gasteiger partial charge in [0.15, 0.2) is 0 Å². The van der Waals surface area contributed by atoms with Crippen LogP contribution < -0.4 is 4.74 Å². The Balaban J connectivity index is 1.97. The monoisotopic (exact) mass is 375 g/mol. The van der Waals surface area contributed by atoms with E-state index in [0.717, 1.165) is 5.56 Å². The molecule has 2 aromatic rings. The third-order valence-electron chi connectivity index (χ3n) is 4.41. The number of carbonyl (C=O) groups excluding carboxylic acids is 1. The molecule has 0 amide bonds. The lowest BCUT2D eigenvalue weighted by molar-refractivity contribution is 0.0600. The van der Waals surface area contributed by atoms with Gasteiger partial charge in [-0.2, -0.15) is 4.31 Å². The Morgan fingerprint density at radius 1 is 1.19 bits per heavy atom. The molecule has 0 aliphatic carbocycles. The van der Waals surface area contributed by atoms with Gasteiger partial charge < -0.3 is 9.47 Å². The van der Waals surface area contributed by atoms with Gasteiger partial charge in [-0.15, -0.1) is 0 Å². The average molecular weight is 375 g/mol. The van der Waals surface area contributed by atoms with Gasteiger partial charge in [0.1, 0.15) is 12.4 Å². The van der Waals surface area contributed by atoms with Crippen molar-refractivity contribution in [3.05, 3.63) is 59.2 Å². The lowest BCUT2D eigenvalue weighted by Gasteiger charge is -2.25. The summed E-state index contributed by atoms with van der Waals surface area (Å²) in [7, 11) is -2.35. The van der Waals surface area contributed by atoms with Crippen molar-refractivity contribution in [2.45, 2.75) is 31.3 Å². The van der Waals surface area contributed by atoms with Crippen LogP contribution in [0.2, 0.25) is 0 Å². The van der Waals surface area contributed by atoms with Gasteiger partial charge in [0.25, 0.3) is 0 Å². The molecule has 1 atom stereocenters. The van der Waals surface area contributed by atoms with Crippen LogP contribution in [0, 0.1) is 6.92 Å². The van der Waals surface area contributed by atoms with Gasteiger partial charge in [-0.3, -0.25) is 0 Å². The molecule has 1 heterocycles. The third-order valence-corrected chi connectivity index (χ3v) is 6.39. The highest BCUT2D eigenvalue weighted by molar-refractivity contribution is 7.89. The highest BCUT2D eigenvalue weighted by Gasteiger charge is 2.32. The van der Waals surface area contributed by atoms with E-state index in [1.165, 1.54) is 11.4 Å². The number of rotatable bonds is 3. The summed E-state index contributed by atoms with van der Waals surface area (Å²) in [5.41, 5.74) is 2.07. The minimum atomic E-state index is -3.66. The summed E-state index contributed by atoms with van der Waals surface area (Å²) < 4.78 is 38.1. The van der Waals surface area contributed by atoms with Crippen LogP contribution in [0.4, 0.5) is 0 Å². The molecule has 26 heavy (non-hydrogen) atoms. The van der Waals surface area contributed by atoms with Crippen LogP contribution in [0.1, 0.15) is 28.4 Å². The van der Waals surface area contributed by atoms with E-state index in [1.807, 2.05) is 6.92 Å². The minimum absolute atomic E-state index is 0.175. The van der Waals surface area contributed by atoms with Crippen molar-refractivity contribution in [2.24, 2.45) is 0 Å². The Labute approximate surface area is 153 Å². The van der Waals surface area contributed by atoms with Crippen LogP contribution in [0.5, 0.6) is 5.75 Å². The molecule has 3 rings (SSSR count). The molecule has 0 N–H and O–H groups in total. The summed E-state index contributed by atoms with van der Waals surface area (Å²) in [6.07, 6.45) is 0. The van der Waals surface area contributed by atoms with Crippen molar-refractivity contribution in [3.63, 3.8) is 0 Å². The molecular formula is C19H21NO5S. The lowest BCUT2D eigenvalue weighted by Crippen LogP contribution is -2.39. The molecule has 0 saturated heterocycles. The zero-order valence-electron chi connectivity index (χ0n) is 14.9. The second kappa shape index (κ2) is 7.09. The molecule has 0 bridgehead atoms. The predicted octanol–water partition coefficient (Wildman–Crippen LogP) is 2.75. The zero-order chi connectivity index (χ0) is 18.9. The fourth-order valence-electron chi connectivity index (χ4n) is 2.85. The van der Waals surface area contributed by atoms with Gasteiger partial charge in [0.05, 0.1) is 23.6 Å². The lowest BCUT2D eigenvalue weighted by atomic mass is 10.1. The Hall–Kier alpha value is -2.38. The number of sulfonamides is 1. The predicted molar refractivity (Wildman–Crippen MR) is 96.6 cm³/mol. The largest absolute Gasteiger partial charge is 0.492 e. The zero-order valence-corrected chi connectivity index (χ0v) is 15.7. The summed E-state index contributed by atoms with van der Waals surface area (Å²) in [6, 6.07) is 11.4. The first-order valence-electron chi connectivity index (χ1n) is 8.25. The molecule has 0 radical (unpaired) electrons. The third kappa shape index (κ3) is 3.45. The van der Waals surface area contributed by atoms with Crippen molar-refractivity contribution in [2.75, 3.05) is 13.7 Å². The Morgan fingerprint density at radius 2 is 1.88 bits per heavy atom. The van der Waals surface area contributed by atoms with Crippen LogP contribution in [-0.2, 0) is 21.3 Å².